The summed E-state index contributed by atoms with van der Waals surface area (Å²) in [4.78, 5) is 3.34. The Kier molecular flexibility index (Phi) is 2.87. The van der Waals surface area contributed by atoms with Crippen molar-refractivity contribution in [3.63, 3.8) is 0 Å². The summed E-state index contributed by atoms with van der Waals surface area (Å²) in [6.07, 6.45) is 1.32. The van der Waals surface area contributed by atoms with Gasteiger partial charge in [0.1, 0.15) is 5.82 Å². The number of alkyl halides is 2. The molecule has 0 amide bonds. The minimum atomic E-state index is -3.09. The fraction of sp³-hybridized carbons (Fsp3) is 0.375. The fourth-order valence-corrected chi connectivity index (χ4v) is 0.938. The van der Waals surface area contributed by atoms with Gasteiger partial charge in [-0.3, -0.25) is 4.98 Å². The van der Waals surface area contributed by atoms with Crippen LogP contribution in [-0.2, 0) is 5.92 Å². The Morgan fingerprint density at radius 1 is 1.38 bits per heavy atom. The summed E-state index contributed by atoms with van der Waals surface area (Å²) in [5.41, 5.74) is 4.56. The monoisotopic (exact) mass is 190 g/mol. The molecule has 0 saturated carbocycles. The minimum Gasteiger partial charge on any atom is -0.330 e. The van der Waals surface area contributed by atoms with Crippen molar-refractivity contribution in [3.8, 4) is 0 Å². The van der Waals surface area contributed by atoms with Gasteiger partial charge in [0.25, 0.3) is 5.92 Å². The van der Waals surface area contributed by atoms with Crippen LogP contribution in [0.5, 0.6) is 0 Å². The highest BCUT2D eigenvalue weighted by Gasteiger charge is 2.30. The van der Waals surface area contributed by atoms with Gasteiger partial charge in [0.2, 0.25) is 0 Å². The van der Waals surface area contributed by atoms with Gasteiger partial charge in [-0.25, -0.2) is 13.2 Å². The molecule has 1 aromatic heterocycles. The van der Waals surface area contributed by atoms with Gasteiger partial charge in [-0.15, -0.1) is 0 Å². The van der Waals surface area contributed by atoms with Crippen molar-refractivity contribution < 1.29 is 13.2 Å². The maximum Gasteiger partial charge on any atom is 0.276 e. The molecule has 72 valence electrons. The van der Waals surface area contributed by atoms with E-state index in [2.05, 4.69) is 4.98 Å². The molecule has 0 atom stereocenters. The molecule has 1 aromatic rings. The molecule has 0 spiro atoms. The Morgan fingerprint density at radius 2 is 2.08 bits per heavy atom. The Bertz CT molecular complexity index is 288. The Balaban J connectivity index is 2.93. The number of halogens is 3. The topological polar surface area (TPSA) is 38.9 Å². The summed E-state index contributed by atoms with van der Waals surface area (Å²) in [7, 11) is 0. The molecule has 1 rings (SSSR count). The Labute approximate surface area is 73.6 Å². The highest BCUT2D eigenvalue weighted by molar-refractivity contribution is 5.16. The van der Waals surface area contributed by atoms with Crippen LogP contribution in [0.15, 0.2) is 18.5 Å². The zero-order valence-corrected chi connectivity index (χ0v) is 6.80. The third kappa shape index (κ3) is 2.42. The summed E-state index contributed by atoms with van der Waals surface area (Å²) in [6, 6.07) is 0.767. The van der Waals surface area contributed by atoms with Crippen LogP contribution in [0, 0.1) is 5.82 Å². The van der Waals surface area contributed by atoms with E-state index >= 15 is 0 Å². The van der Waals surface area contributed by atoms with E-state index in [1.165, 1.54) is 0 Å². The second kappa shape index (κ2) is 3.74. The van der Waals surface area contributed by atoms with Crippen LogP contribution >= 0.6 is 0 Å². The second-order valence-electron chi connectivity index (χ2n) is 2.63. The number of pyridine rings is 1. The maximum absolute atomic E-state index is 13.0. The zero-order chi connectivity index (χ0) is 9.90. The number of hydrogen-bond donors (Lipinski definition) is 1. The van der Waals surface area contributed by atoms with Crippen molar-refractivity contribution in [3.05, 3.63) is 29.8 Å². The highest BCUT2D eigenvalue weighted by atomic mass is 19.3. The van der Waals surface area contributed by atoms with Crippen LogP contribution in [-0.4, -0.2) is 11.5 Å². The van der Waals surface area contributed by atoms with E-state index in [1.807, 2.05) is 0 Å². The van der Waals surface area contributed by atoms with Gasteiger partial charge >= 0.3 is 0 Å². The summed E-state index contributed by atoms with van der Waals surface area (Å²) in [5, 5.41) is 0. The first-order valence-electron chi connectivity index (χ1n) is 3.75. The smallest absolute Gasteiger partial charge is 0.276 e. The lowest BCUT2D eigenvalue weighted by atomic mass is 10.1. The van der Waals surface area contributed by atoms with Crippen LogP contribution in [0.2, 0.25) is 0 Å². The lowest BCUT2D eigenvalue weighted by Gasteiger charge is -2.14. The van der Waals surface area contributed by atoms with Gasteiger partial charge in [-0.2, -0.15) is 0 Å². The highest BCUT2D eigenvalue weighted by Crippen LogP contribution is 2.30. The van der Waals surface area contributed by atoms with Crippen LogP contribution in [0.1, 0.15) is 12.0 Å². The molecular formula is C8H9F3N2. The number of nitrogens with two attached hydrogens (primary N) is 1. The van der Waals surface area contributed by atoms with Gasteiger partial charge in [-0.05, 0) is 12.6 Å². The fourth-order valence-electron chi connectivity index (χ4n) is 0.938. The van der Waals surface area contributed by atoms with E-state index in [0.29, 0.717) is 0 Å². The van der Waals surface area contributed by atoms with Crippen LogP contribution < -0.4 is 5.73 Å². The molecular weight excluding hydrogens is 181 g/mol. The summed E-state index contributed by atoms with van der Waals surface area (Å²) < 4.78 is 38.6. The van der Waals surface area contributed by atoms with Crippen molar-refractivity contribution in [1.82, 2.24) is 4.98 Å². The molecule has 0 aliphatic heterocycles. The summed E-state index contributed by atoms with van der Waals surface area (Å²) >= 11 is 0. The molecule has 5 heteroatoms. The normalized spacial score (nSPS) is 11.7. The van der Waals surface area contributed by atoms with Gasteiger partial charge in [0.15, 0.2) is 0 Å². The molecule has 0 fully saturated rings. The zero-order valence-electron chi connectivity index (χ0n) is 6.80. The maximum atomic E-state index is 13.0. The first-order chi connectivity index (χ1) is 6.06. The SMILES string of the molecule is NCCC(F)(F)c1cncc(F)c1. The third-order valence-electron chi connectivity index (χ3n) is 1.59. The molecule has 13 heavy (non-hydrogen) atoms. The Morgan fingerprint density at radius 3 is 2.62 bits per heavy atom. The lowest BCUT2D eigenvalue weighted by Crippen LogP contribution is -2.19. The van der Waals surface area contributed by atoms with E-state index in [4.69, 9.17) is 5.73 Å². The minimum absolute atomic E-state index is 0.149. The van der Waals surface area contributed by atoms with E-state index in [0.717, 1.165) is 18.5 Å². The second-order valence-corrected chi connectivity index (χ2v) is 2.63. The van der Waals surface area contributed by atoms with Crippen molar-refractivity contribution in [2.45, 2.75) is 12.3 Å². The molecule has 0 bridgehead atoms. The molecule has 0 radical (unpaired) electrons. The van der Waals surface area contributed by atoms with Gasteiger partial charge < -0.3 is 5.73 Å². The van der Waals surface area contributed by atoms with E-state index in [1.54, 1.807) is 0 Å². The van der Waals surface area contributed by atoms with Crippen LogP contribution in [0.3, 0.4) is 0 Å². The molecule has 0 aliphatic rings. The Hall–Kier alpha value is -1.10. The molecule has 0 aliphatic carbocycles. The summed E-state index contributed by atoms with van der Waals surface area (Å²) in [6.45, 7) is -0.149. The third-order valence-corrected chi connectivity index (χ3v) is 1.59. The predicted octanol–water partition coefficient (Wildman–Crippen LogP) is 1.66. The van der Waals surface area contributed by atoms with Crippen molar-refractivity contribution in [2.24, 2.45) is 5.73 Å². The summed E-state index contributed by atoms with van der Waals surface area (Å²) in [5.74, 6) is -3.86. The molecule has 2 nitrogen and oxygen atoms in total. The number of rotatable bonds is 3. The number of aromatic nitrogens is 1. The quantitative estimate of drug-likeness (QED) is 0.787. The van der Waals surface area contributed by atoms with Crippen LogP contribution in [0.25, 0.3) is 0 Å². The molecule has 1 heterocycles. The average Bonchev–Trinajstić information content (AvgIpc) is 2.04. The molecule has 0 aromatic carbocycles. The molecule has 0 saturated heterocycles. The molecule has 2 N–H and O–H groups in total. The van der Waals surface area contributed by atoms with Crippen molar-refractivity contribution in [2.75, 3.05) is 6.54 Å². The van der Waals surface area contributed by atoms with Crippen LogP contribution in [0.4, 0.5) is 13.2 Å². The average molecular weight is 190 g/mol. The standard InChI is InChI=1S/C8H9F3N2/c9-7-3-6(4-13-5-7)8(10,11)1-2-12/h3-5H,1-2,12H2. The van der Waals surface area contributed by atoms with Crippen molar-refractivity contribution >= 4 is 0 Å². The van der Waals surface area contributed by atoms with Crippen molar-refractivity contribution in [1.29, 1.82) is 0 Å². The number of hydrogen-bond acceptors (Lipinski definition) is 2. The predicted molar refractivity (Wildman–Crippen MR) is 41.8 cm³/mol. The van der Waals surface area contributed by atoms with E-state index in [-0.39, 0.29) is 6.54 Å². The first kappa shape index (κ1) is 9.98. The first-order valence-corrected chi connectivity index (χ1v) is 3.75. The number of nitrogens with zero attached hydrogens (tertiary/aromatic N) is 1. The largest absolute Gasteiger partial charge is 0.330 e. The van der Waals surface area contributed by atoms with Gasteiger partial charge in [0.05, 0.1) is 6.20 Å². The van der Waals surface area contributed by atoms with E-state index in [9.17, 15) is 13.2 Å². The molecule has 0 unspecified atom stereocenters. The van der Waals surface area contributed by atoms with Gasteiger partial charge in [0, 0.05) is 18.2 Å². The lowest BCUT2D eigenvalue weighted by molar-refractivity contribution is -0.0113. The van der Waals surface area contributed by atoms with E-state index < -0.39 is 23.7 Å². The van der Waals surface area contributed by atoms with Gasteiger partial charge in [-0.1, -0.05) is 0 Å².